The minimum atomic E-state index is -0.804. The van der Waals surface area contributed by atoms with Crippen molar-refractivity contribution in [3.05, 3.63) is 311 Å². The maximum absolute atomic E-state index is 11.6. The van der Waals surface area contributed by atoms with Crippen LogP contribution in [0.5, 0.6) is 69.0 Å². The highest BCUT2D eigenvalue weighted by Crippen LogP contribution is 2.40. The number of esters is 2. The second-order valence-electron chi connectivity index (χ2n) is 32.8. The van der Waals surface area contributed by atoms with Crippen LogP contribution >= 0.6 is 0 Å². The second kappa shape index (κ2) is 62.0. The largest absolute Gasteiger partial charge is 0.497 e. The summed E-state index contributed by atoms with van der Waals surface area (Å²) in [5.41, 5.74) is 16.5. The molecule has 0 bridgehead atoms. The average molecular weight is 1890 g/mol. The van der Waals surface area contributed by atoms with Gasteiger partial charge in [-0.2, -0.15) is 0 Å². The molecule has 0 aliphatic carbocycles. The van der Waals surface area contributed by atoms with E-state index in [0.29, 0.717) is 65.7 Å². The van der Waals surface area contributed by atoms with Crippen molar-refractivity contribution in [1.29, 1.82) is 0 Å². The lowest BCUT2D eigenvalue weighted by molar-refractivity contribution is -0.141. The van der Waals surface area contributed by atoms with Gasteiger partial charge in [0, 0.05) is 22.3 Å². The van der Waals surface area contributed by atoms with E-state index in [0.717, 1.165) is 209 Å². The van der Waals surface area contributed by atoms with Crippen molar-refractivity contribution in [3.63, 3.8) is 0 Å². The Morgan fingerprint density at radius 2 is 0.464 bits per heavy atom. The molecule has 0 spiro atoms. The highest BCUT2D eigenvalue weighted by molar-refractivity contribution is 5.76. The third-order valence-corrected chi connectivity index (χ3v) is 22.5. The summed E-state index contributed by atoms with van der Waals surface area (Å²) < 4.78 is 79.5. The summed E-state index contributed by atoms with van der Waals surface area (Å²) >= 11 is 0. The van der Waals surface area contributed by atoms with E-state index in [4.69, 9.17) is 76.5 Å². The number of carbonyl (C=O) groups is 4. The summed E-state index contributed by atoms with van der Waals surface area (Å²) in [6.07, 6.45) is 9.12. The lowest BCUT2D eigenvalue weighted by atomic mass is 9.98. The molecule has 20 heteroatoms. The van der Waals surface area contributed by atoms with Crippen molar-refractivity contribution in [3.8, 4) is 114 Å². The number of carboxylic acid groups (broad SMARTS) is 2. The molecule has 0 unspecified atom stereocenters. The molecular weight excluding hydrogens is 1740 g/mol. The normalized spacial score (nSPS) is 11.2. The van der Waals surface area contributed by atoms with E-state index in [9.17, 15) is 19.2 Å². The van der Waals surface area contributed by atoms with Crippen molar-refractivity contribution in [2.75, 3.05) is 69.1 Å². The average Bonchev–Trinajstić information content (AvgIpc) is 0.829. The fourth-order valence-corrected chi connectivity index (χ4v) is 14.4. The molecule has 12 aromatic rings. The Labute approximate surface area is 821 Å². The van der Waals surface area contributed by atoms with Crippen LogP contribution in [0.4, 0.5) is 0 Å². The van der Waals surface area contributed by atoms with Crippen molar-refractivity contribution < 1.29 is 95.7 Å². The number of rotatable bonds is 48. The molecule has 0 saturated heterocycles. The Morgan fingerprint density at radius 3 is 0.652 bits per heavy atom. The summed E-state index contributed by atoms with van der Waals surface area (Å²) in [6, 6.07) is 87.6. The highest BCUT2D eigenvalue weighted by Gasteiger charge is 2.20. The minimum absolute atomic E-state index is 0. The fourth-order valence-electron chi connectivity index (χ4n) is 14.4. The van der Waals surface area contributed by atoms with Gasteiger partial charge in [-0.05, 0) is 237 Å². The molecule has 138 heavy (non-hydrogen) atoms. The standard InChI is InChI=1S/2C29H34O5.2C28H32O5.4CH4/c2*1-5-6-16-33-28-18-22(10-15-27(28)23-11-13-25(31-3)14-12-23)20-34-26-9-7-8-24(19-26)21(2)17-29(30)32-4;2*1-4-5-15-32-27-17-21(9-14-26(27)22-10-12-24(31-3)13-11-22)19-33-25-8-6-7-23(18-25)20(2)16-28(29)30;;;;/h2*7-15,18-19,21H,5-6,16-17,20H2,1-4H3;2*6-14,17-18,20H,4-5,15-16,19H2,1-3H3,(H,29,30);4*1H4/t2*21-;2*20-;;;;/m1010..../s1. The Bertz CT molecular complexity index is 5230. The predicted octanol–water partition coefficient (Wildman–Crippen LogP) is 29.5. The molecule has 12 rings (SSSR count). The van der Waals surface area contributed by atoms with Gasteiger partial charge in [0.1, 0.15) is 95.4 Å². The molecule has 0 saturated carbocycles. The first-order valence-electron chi connectivity index (χ1n) is 46.2. The predicted molar refractivity (Wildman–Crippen MR) is 557 cm³/mol. The van der Waals surface area contributed by atoms with Gasteiger partial charge in [0.05, 0.1) is 94.8 Å². The number of hydrogen-bond acceptors (Lipinski definition) is 18. The third kappa shape index (κ3) is 37.7. The molecule has 0 fully saturated rings. The van der Waals surface area contributed by atoms with Gasteiger partial charge in [-0.3, -0.25) is 19.2 Å². The van der Waals surface area contributed by atoms with Gasteiger partial charge in [0.25, 0.3) is 0 Å². The fraction of sp³-hybridized carbons (Fsp3) is 0.356. The molecule has 0 aliphatic rings. The van der Waals surface area contributed by atoms with Crippen molar-refractivity contribution >= 4 is 23.9 Å². The molecule has 2 N–H and O–H groups in total. The van der Waals surface area contributed by atoms with Crippen molar-refractivity contribution in [2.45, 2.75) is 212 Å². The van der Waals surface area contributed by atoms with Gasteiger partial charge in [0.2, 0.25) is 0 Å². The van der Waals surface area contributed by atoms with E-state index >= 15 is 0 Å². The van der Waals surface area contributed by atoms with Gasteiger partial charge in [0.15, 0.2) is 0 Å². The number of carboxylic acids is 2. The maximum atomic E-state index is 11.6. The van der Waals surface area contributed by atoms with Crippen molar-refractivity contribution in [2.24, 2.45) is 0 Å². The first kappa shape index (κ1) is 115. The summed E-state index contributed by atoms with van der Waals surface area (Å²) in [7, 11) is 9.47. The zero-order chi connectivity index (χ0) is 95.9. The summed E-state index contributed by atoms with van der Waals surface area (Å²) in [5.74, 6) is 7.53. The monoisotopic (exact) mass is 1890 g/mol. The topological polar surface area (TPSA) is 238 Å². The van der Waals surface area contributed by atoms with Crippen LogP contribution in [0.25, 0.3) is 44.5 Å². The molecule has 740 valence electrons. The first-order chi connectivity index (χ1) is 65.1. The van der Waals surface area contributed by atoms with E-state index in [2.05, 4.69) is 76.2 Å². The molecule has 12 aromatic carbocycles. The van der Waals surface area contributed by atoms with Crippen molar-refractivity contribution in [1.82, 2.24) is 0 Å². The number of hydrogen-bond donors (Lipinski definition) is 2. The zero-order valence-corrected chi connectivity index (χ0v) is 80.1. The Morgan fingerprint density at radius 1 is 0.254 bits per heavy atom. The van der Waals surface area contributed by atoms with E-state index < -0.39 is 11.9 Å². The van der Waals surface area contributed by atoms with Crippen LogP contribution in [0.15, 0.2) is 267 Å². The number of unbranched alkanes of at least 4 members (excludes halogenated alkanes) is 4. The van der Waals surface area contributed by atoms with Crippen LogP contribution in [-0.4, -0.2) is 103 Å². The molecule has 20 nitrogen and oxygen atoms in total. The van der Waals surface area contributed by atoms with Crippen LogP contribution in [0, 0.1) is 0 Å². The second-order valence-corrected chi connectivity index (χ2v) is 32.8. The highest BCUT2D eigenvalue weighted by atomic mass is 16.5. The quantitative estimate of drug-likeness (QED) is 0.0266. The number of ether oxygens (including phenoxy) is 14. The van der Waals surface area contributed by atoms with E-state index in [-0.39, 0.29) is 78.2 Å². The van der Waals surface area contributed by atoms with E-state index in [1.807, 2.05) is 246 Å². The number of aliphatic carboxylic acids is 2. The SMILES string of the molecule is C.C.C.C.CCCCOc1cc(COc2cccc([C@@H](C)CC(=O)O)c2)ccc1-c1ccc(OC)cc1.CCCCOc1cc(COc2cccc([C@@H](C)CC(=O)OC)c2)ccc1-c1ccc(OC)cc1.CCCCOc1cc(COc2cccc([C@H](C)CC(=O)O)c2)ccc1-c1ccc(OC)cc1.CCCCOc1cc(COc2cccc([C@H](C)CC(=O)OC)c2)ccc1-c1ccc(OC)cc1. The van der Waals surface area contributed by atoms with Gasteiger partial charge < -0.3 is 76.5 Å². The first-order valence-corrected chi connectivity index (χ1v) is 46.2. The lowest BCUT2D eigenvalue weighted by Crippen LogP contribution is -2.06. The number of carbonyl (C=O) groups excluding carboxylic acids is 2. The van der Waals surface area contributed by atoms with Crippen LogP contribution in [0.2, 0.25) is 0 Å². The van der Waals surface area contributed by atoms with Gasteiger partial charge in [-0.15, -0.1) is 0 Å². The molecular formula is C118H148O20. The molecule has 0 heterocycles. The van der Waals surface area contributed by atoms with E-state index in [1.165, 1.54) is 14.2 Å². The smallest absolute Gasteiger partial charge is 0.306 e. The Kier molecular flexibility index (Phi) is 51.5. The molecule has 4 atom stereocenters. The molecule has 0 aromatic heterocycles. The molecule has 0 radical (unpaired) electrons. The van der Waals surface area contributed by atoms with Crippen LogP contribution < -0.4 is 56.8 Å². The maximum Gasteiger partial charge on any atom is 0.306 e. The lowest BCUT2D eigenvalue weighted by Gasteiger charge is -2.15. The molecule has 0 amide bonds. The summed E-state index contributed by atoms with van der Waals surface area (Å²) in [4.78, 5) is 45.3. The number of methoxy groups -OCH3 is 6. The Hall–Kier alpha value is -13.9. The van der Waals surface area contributed by atoms with Crippen LogP contribution in [0.3, 0.4) is 0 Å². The Balaban J connectivity index is 0.000000322. The van der Waals surface area contributed by atoms with Crippen LogP contribution in [0.1, 0.15) is 230 Å². The molecule has 0 aliphatic heterocycles. The van der Waals surface area contributed by atoms with E-state index in [1.54, 1.807) is 28.4 Å². The van der Waals surface area contributed by atoms with Gasteiger partial charge in [-0.25, -0.2) is 0 Å². The summed E-state index contributed by atoms with van der Waals surface area (Å²) in [6.45, 7) is 20.7. The van der Waals surface area contributed by atoms with Gasteiger partial charge >= 0.3 is 23.9 Å². The minimum Gasteiger partial charge on any atom is -0.497 e. The summed E-state index contributed by atoms with van der Waals surface area (Å²) in [5, 5.41) is 18.1. The third-order valence-electron chi connectivity index (χ3n) is 22.5. The van der Waals surface area contributed by atoms with Gasteiger partial charge in [-0.1, -0.05) is 256 Å². The van der Waals surface area contributed by atoms with Crippen LogP contribution in [-0.2, 0) is 55.1 Å². The zero-order valence-electron chi connectivity index (χ0n) is 80.1. The number of benzene rings is 12.